The van der Waals surface area contributed by atoms with Gasteiger partial charge in [-0.3, -0.25) is 4.79 Å². The third-order valence-electron chi connectivity index (χ3n) is 6.13. The van der Waals surface area contributed by atoms with E-state index in [1.807, 2.05) is 6.07 Å². The lowest BCUT2D eigenvalue weighted by atomic mass is 10.0. The van der Waals surface area contributed by atoms with Crippen molar-refractivity contribution < 1.29 is 19.2 Å². The number of nitriles is 1. The van der Waals surface area contributed by atoms with Gasteiger partial charge in [-0.25, -0.2) is 0 Å². The number of benzene rings is 1. The van der Waals surface area contributed by atoms with Gasteiger partial charge in [0.25, 0.3) is 5.91 Å². The Bertz CT molecular complexity index is 994. The number of nitrogens with zero attached hydrogens (tertiary/aromatic N) is 1. The molecule has 2 atom stereocenters. The van der Waals surface area contributed by atoms with E-state index in [0.29, 0.717) is 25.3 Å². The number of rotatable bonds is 4. The first kappa shape index (κ1) is 18.5. The van der Waals surface area contributed by atoms with Crippen molar-refractivity contribution in [3.8, 4) is 17.6 Å². The Labute approximate surface area is 174 Å². The molecule has 5 rings (SSSR count). The summed E-state index contributed by atoms with van der Waals surface area (Å²) < 4.78 is 11.4. The average Bonchev–Trinajstić information content (AvgIpc) is 3.44. The predicted octanol–water partition coefficient (Wildman–Crippen LogP) is 2.24. The van der Waals surface area contributed by atoms with Gasteiger partial charge in [0.05, 0.1) is 12.1 Å². The van der Waals surface area contributed by atoms with Crippen LogP contribution in [-0.4, -0.2) is 32.2 Å². The van der Waals surface area contributed by atoms with E-state index < -0.39 is 0 Å². The van der Waals surface area contributed by atoms with Gasteiger partial charge in [0.15, 0.2) is 18.0 Å². The molecule has 29 heavy (non-hydrogen) atoms. The fourth-order valence-corrected chi connectivity index (χ4v) is 6.05. The minimum Gasteiger partial charge on any atom is -0.486 e. The molecule has 1 aliphatic carbocycles. The van der Waals surface area contributed by atoms with Crippen LogP contribution in [0.3, 0.4) is 0 Å². The zero-order valence-corrected chi connectivity index (χ0v) is 17.1. The maximum Gasteiger partial charge on any atom is 0.280 e. The zero-order valence-electron chi connectivity index (χ0n) is 16.3. The molecule has 0 spiro atoms. The van der Waals surface area contributed by atoms with Crippen molar-refractivity contribution in [2.45, 2.75) is 38.1 Å². The van der Waals surface area contributed by atoms with Crippen LogP contribution in [0, 0.1) is 11.3 Å². The smallest absolute Gasteiger partial charge is 0.280 e. The van der Waals surface area contributed by atoms with Crippen LogP contribution in [0.2, 0.25) is 0 Å². The number of amides is 1. The molecule has 2 aliphatic heterocycles. The van der Waals surface area contributed by atoms with Gasteiger partial charge in [-0.2, -0.15) is 5.26 Å². The van der Waals surface area contributed by atoms with Crippen molar-refractivity contribution in [2.24, 2.45) is 0 Å². The lowest BCUT2D eigenvalue weighted by Crippen LogP contribution is -3.11. The topological polar surface area (TPSA) is 75.8 Å². The van der Waals surface area contributed by atoms with Crippen molar-refractivity contribution in [3.63, 3.8) is 0 Å². The second-order valence-electron chi connectivity index (χ2n) is 7.90. The van der Waals surface area contributed by atoms with Crippen LogP contribution in [0.25, 0.3) is 0 Å². The molecule has 1 amide bonds. The van der Waals surface area contributed by atoms with Crippen molar-refractivity contribution in [1.82, 2.24) is 0 Å². The van der Waals surface area contributed by atoms with Gasteiger partial charge in [-0.1, -0.05) is 0 Å². The van der Waals surface area contributed by atoms with Gasteiger partial charge in [0.2, 0.25) is 0 Å². The number of fused-ring (bicyclic) bond motifs is 2. The fourth-order valence-electron chi connectivity index (χ4n) is 4.79. The molecule has 3 heterocycles. The molecule has 0 bridgehead atoms. The predicted molar refractivity (Wildman–Crippen MR) is 110 cm³/mol. The van der Waals surface area contributed by atoms with Gasteiger partial charge in [0, 0.05) is 23.3 Å². The van der Waals surface area contributed by atoms with Gasteiger partial charge < -0.3 is 19.7 Å². The van der Waals surface area contributed by atoms with E-state index in [9.17, 15) is 10.1 Å². The number of hydrogen-bond donors (Lipinski definition) is 2. The van der Waals surface area contributed by atoms with Gasteiger partial charge in [0.1, 0.15) is 30.3 Å². The average molecular weight is 411 g/mol. The summed E-state index contributed by atoms with van der Waals surface area (Å²) in [6, 6.07) is 8.72. The number of likely N-dealkylation sites (tertiary alicyclic amines) is 1. The molecule has 3 aliphatic rings. The molecule has 2 aromatic rings. The summed E-state index contributed by atoms with van der Waals surface area (Å²) in [6.07, 6.45) is 5.24. The molecule has 0 radical (unpaired) electrons. The lowest BCUT2D eigenvalue weighted by molar-refractivity contribution is -0.910. The zero-order chi connectivity index (χ0) is 19.8. The molecule has 1 unspecified atom stereocenters. The summed E-state index contributed by atoms with van der Waals surface area (Å²) in [7, 11) is 0. The minimum absolute atomic E-state index is 0.0131. The highest BCUT2D eigenvalue weighted by atomic mass is 32.1. The van der Waals surface area contributed by atoms with Crippen LogP contribution < -0.4 is 19.7 Å². The van der Waals surface area contributed by atoms with Gasteiger partial charge in [-0.05, 0) is 43.0 Å². The van der Waals surface area contributed by atoms with E-state index in [4.69, 9.17) is 9.47 Å². The van der Waals surface area contributed by atoms with Gasteiger partial charge >= 0.3 is 0 Å². The van der Waals surface area contributed by atoms with Crippen LogP contribution in [0.1, 0.15) is 46.9 Å². The van der Waals surface area contributed by atoms with Crippen molar-refractivity contribution in [1.29, 1.82) is 5.26 Å². The molecule has 1 aromatic carbocycles. The van der Waals surface area contributed by atoms with E-state index >= 15 is 0 Å². The van der Waals surface area contributed by atoms with Gasteiger partial charge in [-0.15, -0.1) is 11.3 Å². The Balaban J connectivity index is 1.29. The Hall–Kier alpha value is -2.56. The molecule has 150 valence electrons. The highest BCUT2D eigenvalue weighted by molar-refractivity contribution is 7.16. The fraction of sp³-hybridized carbons (Fsp3) is 0.455. The lowest BCUT2D eigenvalue weighted by Gasteiger charge is -2.24. The first-order valence-corrected chi connectivity index (χ1v) is 11.1. The molecule has 6 nitrogen and oxygen atoms in total. The largest absolute Gasteiger partial charge is 0.486 e. The first-order valence-electron chi connectivity index (χ1n) is 10.3. The number of quaternary nitrogens is 1. The third kappa shape index (κ3) is 3.47. The standard InChI is InChI=1S/C22H23N3O3S/c23-12-16-15-3-1-5-20(15)29-22(16)24-21(26)13-25-8-2-4-17(25)14-6-7-18-19(11-14)28-10-9-27-18/h6-7,11,17H,1-5,8-10,13H2,(H,24,26)/p+1/t17-/m1/s1. The Morgan fingerprint density at radius 2 is 2.10 bits per heavy atom. The number of ether oxygens (including phenoxy) is 2. The van der Waals surface area contributed by atoms with E-state index in [0.717, 1.165) is 60.7 Å². The molecule has 0 saturated carbocycles. The van der Waals surface area contributed by atoms with Crippen molar-refractivity contribution >= 4 is 22.2 Å². The van der Waals surface area contributed by atoms with Crippen molar-refractivity contribution in [3.05, 3.63) is 39.8 Å². The summed E-state index contributed by atoms with van der Waals surface area (Å²) in [6.45, 7) is 2.54. The molecule has 1 aromatic heterocycles. The Morgan fingerprint density at radius 3 is 2.97 bits per heavy atom. The second-order valence-corrected chi connectivity index (χ2v) is 9.01. The van der Waals surface area contributed by atoms with Crippen LogP contribution in [0.5, 0.6) is 11.5 Å². The monoisotopic (exact) mass is 410 g/mol. The van der Waals surface area contributed by atoms with E-state index in [-0.39, 0.29) is 11.9 Å². The number of carbonyl (C=O) groups excluding carboxylic acids is 1. The summed E-state index contributed by atoms with van der Waals surface area (Å²) in [4.78, 5) is 15.3. The Morgan fingerprint density at radius 1 is 1.24 bits per heavy atom. The maximum absolute atomic E-state index is 12.8. The molecule has 1 fully saturated rings. The summed E-state index contributed by atoms with van der Waals surface area (Å²) in [5.74, 6) is 1.59. The maximum atomic E-state index is 12.8. The SMILES string of the molecule is N#Cc1c(NC(=O)C[NH+]2CCC[C@@H]2c2ccc3c(c2)OCCO3)sc2c1CCC2. The summed E-state index contributed by atoms with van der Waals surface area (Å²) >= 11 is 1.58. The number of hydrogen-bond acceptors (Lipinski definition) is 5. The number of nitrogens with one attached hydrogen (secondary N) is 2. The minimum atomic E-state index is -0.0131. The first-order chi connectivity index (χ1) is 14.2. The third-order valence-corrected chi connectivity index (χ3v) is 7.33. The number of carbonyl (C=O) groups is 1. The van der Waals surface area contributed by atoms with Crippen LogP contribution in [0.15, 0.2) is 18.2 Å². The highest BCUT2D eigenvalue weighted by Crippen LogP contribution is 2.38. The summed E-state index contributed by atoms with van der Waals surface area (Å²) in [5, 5.41) is 13.3. The van der Waals surface area contributed by atoms with Crippen LogP contribution in [0.4, 0.5) is 5.00 Å². The van der Waals surface area contributed by atoms with E-state index in [1.165, 1.54) is 15.3 Å². The quantitative estimate of drug-likeness (QED) is 0.811. The van der Waals surface area contributed by atoms with E-state index in [2.05, 4.69) is 23.5 Å². The number of aryl methyl sites for hydroxylation is 1. The molecular formula is C22H24N3O3S+. The second kappa shape index (κ2) is 7.69. The van der Waals surface area contributed by atoms with Crippen LogP contribution in [-0.2, 0) is 17.6 Å². The highest BCUT2D eigenvalue weighted by Gasteiger charge is 2.33. The molecule has 2 N–H and O–H groups in total. The van der Waals surface area contributed by atoms with Crippen molar-refractivity contribution in [2.75, 3.05) is 31.6 Å². The van der Waals surface area contributed by atoms with Crippen LogP contribution >= 0.6 is 11.3 Å². The summed E-state index contributed by atoms with van der Waals surface area (Å²) in [5.41, 5.74) is 3.02. The molecular weight excluding hydrogens is 386 g/mol. The molecule has 1 saturated heterocycles. The number of thiophene rings is 1. The number of anilines is 1. The normalized spacial score (nSPS) is 22.2. The molecule has 7 heteroatoms. The Kier molecular flexibility index (Phi) is 4.90. The van der Waals surface area contributed by atoms with E-state index in [1.54, 1.807) is 11.3 Å².